The Morgan fingerprint density at radius 3 is 2.54 bits per heavy atom. The van der Waals surface area contributed by atoms with E-state index in [0.717, 1.165) is 5.56 Å². The maximum Gasteiger partial charge on any atom is 0.227 e. The highest BCUT2D eigenvalue weighted by Gasteiger charge is 2.35. The van der Waals surface area contributed by atoms with Gasteiger partial charge in [-0.3, -0.25) is 9.59 Å². The summed E-state index contributed by atoms with van der Waals surface area (Å²) in [5.41, 5.74) is 0.821. The first kappa shape index (κ1) is 18.1. The molecule has 1 aromatic rings. The Labute approximate surface area is 141 Å². The van der Waals surface area contributed by atoms with Crippen molar-refractivity contribution in [2.75, 3.05) is 33.9 Å². The van der Waals surface area contributed by atoms with Gasteiger partial charge in [-0.1, -0.05) is 6.07 Å². The topological polar surface area (TPSA) is 88.1 Å². The number of nitrogens with one attached hydrogen (secondary N) is 1. The van der Waals surface area contributed by atoms with Gasteiger partial charge in [-0.25, -0.2) is 0 Å². The van der Waals surface area contributed by atoms with E-state index in [1.165, 1.54) is 6.92 Å². The molecule has 7 nitrogen and oxygen atoms in total. The van der Waals surface area contributed by atoms with Gasteiger partial charge >= 0.3 is 0 Å². The fourth-order valence-corrected chi connectivity index (χ4v) is 2.96. The molecule has 2 amide bonds. The number of nitrogens with zero attached hydrogens (tertiary/aromatic N) is 1. The van der Waals surface area contributed by atoms with Crippen molar-refractivity contribution in [2.45, 2.75) is 19.4 Å². The summed E-state index contributed by atoms with van der Waals surface area (Å²) >= 11 is 0. The molecule has 132 valence electrons. The second kappa shape index (κ2) is 8.01. The second-order valence-corrected chi connectivity index (χ2v) is 5.91. The zero-order valence-corrected chi connectivity index (χ0v) is 14.2. The van der Waals surface area contributed by atoms with Crippen LogP contribution in [0.15, 0.2) is 18.2 Å². The fraction of sp³-hybridized carbons (Fsp3) is 0.529. The lowest BCUT2D eigenvalue weighted by molar-refractivity contribution is -0.130. The van der Waals surface area contributed by atoms with Crippen LogP contribution in [0.2, 0.25) is 0 Å². The SMILES string of the molecule is COc1ccc(CC(=O)N2C[C@@H](CO)[C@H](NC(C)=O)C2)cc1OC. The summed E-state index contributed by atoms with van der Waals surface area (Å²) in [6.07, 6.45) is 0.227. The summed E-state index contributed by atoms with van der Waals surface area (Å²) in [5, 5.41) is 12.2. The molecule has 7 heteroatoms. The maximum absolute atomic E-state index is 12.5. The molecule has 1 aromatic carbocycles. The number of benzene rings is 1. The van der Waals surface area contributed by atoms with E-state index in [2.05, 4.69) is 5.32 Å². The zero-order valence-electron chi connectivity index (χ0n) is 14.2. The average Bonchev–Trinajstić information content (AvgIpc) is 2.97. The molecule has 1 aliphatic rings. The number of likely N-dealkylation sites (tertiary alicyclic amines) is 1. The van der Waals surface area contributed by atoms with Crippen LogP contribution < -0.4 is 14.8 Å². The van der Waals surface area contributed by atoms with Crippen molar-refractivity contribution in [1.82, 2.24) is 10.2 Å². The van der Waals surface area contributed by atoms with E-state index in [4.69, 9.17) is 9.47 Å². The van der Waals surface area contributed by atoms with Crippen LogP contribution in [-0.4, -0.2) is 61.8 Å². The Morgan fingerprint density at radius 2 is 1.96 bits per heavy atom. The second-order valence-electron chi connectivity index (χ2n) is 5.91. The van der Waals surface area contributed by atoms with Gasteiger partial charge in [0.25, 0.3) is 0 Å². The van der Waals surface area contributed by atoms with Crippen molar-refractivity contribution >= 4 is 11.8 Å². The van der Waals surface area contributed by atoms with Crippen LogP contribution in [0.3, 0.4) is 0 Å². The van der Waals surface area contributed by atoms with E-state index < -0.39 is 0 Å². The molecule has 2 N–H and O–H groups in total. The van der Waals surface area contributed by atoms with Crippen LogP contribution in [0.1, 0.15) is 12.5 Å². The minimum Gasteiger partial charge on any atom is -0.493 e. The summed E-state index contributed by atoms with van der Waals surface area (Å²) in [7, 11) is 3.11. The van der Waals surface area contributed by atoms with Gasteiger partial charge in [0.15, 0.2) is 11.5 Å². The predicted octanol–water partition coefficient (Wildman–Crippen LogP) is 0.202. The average molecular weight is 336 g/mol. The predicted molar refractivity (Wildman–Crippen MR) is 88.0 cm³/mol. The maximum atomic E-state index is 12.5. The van der Waals surface area contributed by atoms with Crippen molar-refractivity contribution in [1.29, 1.82) is 0 Å². The van der Waals surface area contributed by atoms with Crippen molar-refractivity contribution in [3.63, 3.8) is 0 Å². The van der Waals surface area contributed by atoms with Crippen molar-refractivity contribution in [2.24, 2.45) is 5.92 Å². The third-order valence-electron chi connectivity index (χ3n) is 4.22. The number of aliphatic hydroxyl groups is 1. The van der Waals surface area contributed by atoms with Gasteiger partial charge < -0.3 is 24.8 Å². The Bertz CT molecular complexity index is 605. The Balaban J connectivity index is 2.03. The Morgan fingerprint density at radius 1 is 1.25 bits per heavy atom. The molecule has 0 unspecified atom stereocenters. The first-order valence-corrected chi connectivity index (χ1v) is 7.85. The van der Waals surface area contributed by atoms with Gasteiger partial charge in [-0.05, 0) is 17.7 Å². The molecule has 24 heavy (non-hydrogen) atoms. The van der Waals surface area contributed by atoms with E-state index >= 15 is 0 Å². The molecule has 0 saturated carbocycles. The molecular weight excluding hydrogens is 312 g/mol. The van der Waals surface area contributed by atoms with Gasteiger partial charge in [0.1, 0.15) is 0 Å². The van der Waals surface area contributed by atoms with Crippen molar-refractivity contribution in [3.05, 3.63) is 23.8 Å². The summed E-state index contributed by atoms with van der Waals surface area (Å²) in [6, 6.07) is 5.16. The molecule has 1 fully saturated rings. The lowest BCUT2D eigenvalue weighted by atomic mass is 10.1. The molecule has 1 saturated heterocycles. The van der Waals surface area contributed by atoms with Gasteiger partial charge in [0.2, 0.25) is 11.8 Å². The van der Waals surface area contributed by atoms with Crippen molar-refractivity contribution in [3.8, 4) is 11.5 Å². The molecular formula is C17H24N2O5. The van der Waals surface area contributed by atoms with E-state index in [-0.39, 0.29) is 36.8 Å². The first-order valence-electron chi connectivity index (χ1n) is 7.85. The molecule has 2 atom stereocenters. The minimum atomic E-state index is -0.207. The molecule has 1 aliphatic heterocycles. The van der Waals surface area contributed by atoms with Crippen LogP contribution in [0.4, 0.5) is 0 Å². The highest BCUT2D eigenvalue weighted by molar-refractivity contribution is 5.80. The van der Waals surface area contributed by atoms with Crippen LogP contribution in [0, 0.1) is 5.92 Å². The van der Waals surface area contributed by atoms with Gasteiger partial charge in [0.05, 0.1) is 26.7 Å². The molecule has 0 bridgehead atoms. The number of hydrogen-bond acceptors (Lipinski definition) is 5. The number of carbonyl (C=O) groups is 2. The molecule has 0 aliphatic carbocycles. The van der Waals surface area contributed by atoms with Crippen LogP contribution in [0.5, 0.6) is 11.5 Å². The number of amides is 2. The van der Waals surface area contributed by atoms with E-state index in [1.54, 1.807) is 31.3 Å². The summed E-state index contributed by atoms with van der Waals surface area (Å²) in [5.74, 6) is 0.846. The van der Waals surface area contributed by atoms with Gasteiger partial charge in [0, 0.05) is 32.5 Å². The zero-order chi connectivity index (χ0) is 17.7. The molecule has 0 spiro atoms. The first-order chi connectivity index (χ1) is 11.5. The molecule has 2 rings (SSSR count). The monoisotopic (exact) mass is 336 g/mol. The molecule has 1 heterocycles. The van der Waals surface area contributed by atoms with Crippen molar-refractivity contribution < 1.29 is 24.2 Å². The fourth-order valence-electron chi connectivity index (χ4n) is 2.96. The quantitative estimate of drug-likeness (QED) is 0.775. The lowest BCUT2D eigenvalue weighted by Gasteiger charge is -2.17. The number of ether oxygens (including phenoxy) is 2. The molecule has 0 radical (unpaired) electrons. The number of methoxy groups -OCH3 is 2. The number of hydrogen-bond donors (Lipinski definition) is 2. The summed E-state index contributed by atoms with van der Waals surface area (Å²) in [4.78, 5) is 25.4. The summed E-state index contributed by atoms with van der Waals surface area (Å²) in [6.45, 7) is 2.22. The number of aliphatic hydroxyl groups excluding tert-OH is 1. The number of rotatable bonds is 6. The Kier molecular flexibility index (Phi) is 6.03. The van der Waals surface area contributed by atoms with E-state index in [1.807, 2.05) is 6.07 Å². The largest absolute Gasteiger partial charge is 0.493 e. The van der Waals surface area contributed by atoms with E-state index in [9.17, 15) is 14.7 Å². The van der Waals surface area contributed by atoms with Gasteiger partial charge in [-0.15, -0.1) is 0 Å². The normalized spacial score (nSPS) is 19.9. The highest BCUT2D eigenvalue weighted by atomic mass is 16.5. The third-order valence-corrected chi connectivity index (χ3v) is 4.22. The van der Waals surface area contributed by atoms with E-state index in [0.29, 0.717) is 24.6 Å². The highest BCUT2D eigenvalue weighted by Crippen LogP contribution is 2.28. The van der Waals surface area contributed by atoms with Crippen LogP contribution >= 0.6 is 0 Å². The minimum absolute atomic E-state index is 0.0477. The smallest absolute Gasteiger partial charge is 0.227 e. The third kappa shape index (κ3) is 4.17. The standard InChI is InChI=1S/C17H24N2O5/c1-11(21)18-14-9-19(8-13(14)10-20)17(22)7-12-4-5-15(23-2)16(6-12)24-3/h4-6,13-14,20H,7-10H2,1-3H3,(H,18,21)/t13-,14+/m0/s1. The lowest BCUT2D eigenvalue weighted by Crippen LogP contribution is -2.40. The Hall–Kier alpha value is -2.28. The number of carbonyl (C=O) groups excluding carboxylic acids is 2. The van der Waals surface area contributed by atoms with Crippen LogP contribution in [0.25, 0.3) is 0 Å². The molecule has 0 aromatic heterocycles. The van der Waals surface area contributed by atoms with Gasteiger partial charge in [-0.2, -0.15) is 0 Å². The summed E-state index contributed by atoms with van der Waals surface area (Å²) < 4.78 is 10.4. The van der Waals surface area contributed by atoms with Crippen LogP contribution in [-0.2, 0) is 16.0 Å².